The molecule has 176 valence electrons. The molecule has 8 nitrogen and oxygen atoms in total. The number of carboxylic acids is 1. The predicted octanol–water partition coefficient (Wildman–Crippen LogP) is 4.27. The molecule has 1 unspecified atom stereocenters. The number of hydrogen-bond acceptors (Lipinski definition) is 6. The van der Waals surface area contributed by atoms with Crippen molar-refractivity contribution in [2.75, 3.05) is 18.5 Å². The van der Waals surface area contributed by atoms with Gasteiger partial charge >= 0.3 is 12.1 Å². The summed E-state index contributed by atoms with van der Waals surface area (Å²) < 4.78 is 5.52. The first-order valence-electron chi connectivity index (χ1n) is 11.0. The van der Waals surface area contributed by atoms with Gasteiger partial charge in [0.25, 0.3) is 0 Å². The molecule has 1 aliphatic rings. The number of carbonyl (C=O) groups is 3. The van der Waals surface area contributed by atoms with Crippen molar-refractivity contribution in [2.45, 2.75) is 25.7 Å². The summed E-state index contributed by atoms with van der Waals surface area (Å²) in [6, 6.07) is 16.2. The number of rotatable bonds is 9. The maximum atomic E-state index is 12.4. The van der Waals surface area contributed by atoms with E-state index in [-0.39, 0.29) is 43.7 Å². The maximum absolute atomic E-state index is 12.4. The summed E-state index contributed by atoms with van der Waals surface area (Å²) in [5.41, 5.74) is 5.11. The quantitative estimate of drug-likeness (QED) is 0.422. The lowest BCUT2D eigenvalue weighted by molar-refractivity contribution is -0.138. The molecule has 4 rings (SSSR count). The van der Waals surface area contributed by atoms with Gasteiger partial charge in [-0.15, -0.1) is 11.3 Å². The van der Waals surface area contributed by atoms with Crippen molar-refractivity contribution in [1.29, 1.82) is 0 Å². The minimum Gasteiger partial charge on any atom is -0.481 e. The molecule has 1 aromatic heterocycles. The van der Waals surface area contributed by atoms with Gasteiger partial charge in [-0.3, -0.25) is 14.9 Å². The minimum atomic E-state index is -0.898. The molecule has 0 saturated carbocycles. The third-order valence-electron chi connectivity index (χ3n) is 5.62. The third kappa shape index (κ3) is 5.60. The molecular formula is C25H25N3O5S. The Hall–Kier alpha value is -3.72. The van der Waals surface area contributed by atoms with E-state index in [0.717, 1.165) is 22.3 Å². The maximum Gasteiger partial charge on any atom is 0.413 e. The lowest BCUT2D eigenvalue weighted by Crippen LogP contribution is -2.30. The molecule has 0 radical (unpaired) electrons. The molecule has 1 atom stereocenters. The standard InChI is InChI=1S/C25H25N3O5S/c1-15(10-23(30)31)12-26-22(29)11-16-14-34-24(27-16)28-25(32)33-13-21-19-8-4-2-6-17(19)18-7-3-5-9-20(18)21/h2-9,14-15,21H,10-13H2,1H3,(H,26,29)(H,30,31)(H,27,28,32). The second-order valence-electron chi connectivity index (χ2n) is 8.28. The van der Waals surface area contributed by atoms with Gasteiger partial charge in [-0.2, -0.15) is 0 Å². The van der Waals surface area contributed by atoms with Crippen molar-refractivity contribution in [1.82, 2.24) is 10.3 Å². The summed E-state index contributed by atoms with van der Waals surface area (Å²) >= 11 is 1.21. The van der Waals surface area contributed by atoms with Crippen LogP contribution in [-0.2, 0) is 20.7 Å². The number of aliphatic carboxylic acids is 1. The topological polar surface area (TPSA) is 118 Å². The first-order chi connectivity index (χ1) is 16.4. The zero-order chi connectivity index (χ0) is 24.1. The fourth-order valence-electron chi connectivity index (χ4n) is 4.05. The number of anilines is 1. The van der Waals surface area contributed by atoms with Crippen molar-refractivity contribution >= 4 is 34.4 Å². The molecular weight excluding hydrogens is 454 g/mol. The van der Waals surface area contributed by atoms with Gasteiger partial charge in [0.15, 0.2) is 5.13 Å². The largest absolute Gasteiger partial charge is 0.481 e. The number of carboxylic acid groups (broad SMARTS) is 1. The van der Waals surface area contributed by atoms with Crippen LogP contribution in [0.2, 0.25) is 0 Å². The van der Waals surface area contributed by atoms with Gasteiger partial charge in [-0.25, -0.2) is 9.78 Å². The summed E-state index contributed by atoms with van der Waals surface area (Å²) in [6.07, 6.45) is -0.567. The van der Waals surface area contributed by atoms with Crippen LogP contribution in [-0.4, -0.2) is 41.2 Å². The summed E-state index contributed by atoms with van der Waals surface area (Å²) in [5.74, 6) is -1.35. The lowest BCUT2D eigenvalue weighted by atomic mass is 9.98. The number of nitrogens with zero attached hydrogens (tertiary/aromatic N) is 1. The zero-order valence-electron chi connectivity index (χ0n) is 18.6. The van der Waals surface area contributed by atoms with Crippen LogP contribution in [0.5, 0.6) is 0 Å². The van der Waals surface area contributed by atoms with Crippen LogP contribution in [0.3, 0.4) is 0 Å². The summed E-state index contributed by atoms with van der Waals surface area (Å²) in [6.45, 7) is 2.24. The molecule has 0 aliphatic heterocycles. The Balaban J connectivity index is 1.28. The van der Waals surface area contributed by atoms with Gasteiger partial charge in [-0.1, -0.05) is 55.5 Å². The Morgan fingerprint density at radius 1 is 1.09 bits per heavy atom. The number of aromatic nitrogens is 1. The van der Waals surface area contributed by atoms with E-state index >= 15 is 0 Å². The highest BCUT2D eigenvalue weighted by atomic mass is 32.1. The van der Waals surface area contributed by atoms with Crippen molar-refractivity contribution in [3.05, 3.63) is 70.7 Å². The molecule has 0 spiro atoms. The van der Waals surface area contributed by atoms with Crippen LogP contribution >= 0.6 is 11.3 Å². The van der Waals surface area contributed by atoms with E-state index in [4.69, 9.17) is 9.84 Å². The van der Waals surface area contributed by atoms with Gasteiger partial charge in [-0.05, 0) is 28.2 Å². The molecule has 2 aromatic carbocycles. The number of carbonyl (C=O) groups excluding carboxylic acids is 2. The monoisotopic (exact) mass is 479 g/mol. The van der Waals surface area contributed by atoms with Gasteiger partial charge in [0.2, 0.25) is 5.91 Å². The Labute approximate surface area is 201 Å². The Morgan fingerprint density at radius 2 is 1.74 bits per heavy atom. The average Bonchev–Trinajstić information content (AvgIpc) is 3.37. The molecule has 3 N–H and O–H groups in total. The highest BCUT2D eigenvalue weighted by molar-refractivity contribution is 7.13. The highest BCUT2D eigenvalue weighted by Crippen LogP contribution is 2.44. The number of fused-ring (bicyclic) bond motifs is 3. The van der Waals surface area contributed by atoms with E-state index in [9.17, 15) is 14.4 Å². The second-order valence-corrected chi connectivity index (χ2v) is 9.14. The number of hydrogen-bond donors (Lipinski definition) is 3. The van der Waals surface area contributed by atoms with Crippen molar-refractivity contribution in [3.63, 3.8) is 0 Å². The van der Waals surface area contributed by atoms with Crippen LogP contribution in [0, 0.1) is 5.92 Å². The van der Waals surface area contributed by atoms with Gasteiger partial charge in [0.1, 0.15) is 6.61 Å². The van der Waals surface area contributed by atoms with Crippen LogP contribution < -0.4 is 10.6 Å². The number of thiazole rings is 1. The predicted molar refractivity (Wildman–Crippen MR) is 129 cm³/mol. The normalized spacial score (nSPS) is 13.0. The molecule has 2 amide bonds. The fourth-order valence-corrected chi connectivity index (χ4v) is 4.75. The first kappa shape index (κ1) is 23.4. The zero-order valence-corrected chi connectivity index (χ0v) is 19.4. The van der Waals surface area contributed by atoms with E-state index < -0.39 is 12.1 Å². The smallest absolute Gasteiger partial charge is 0.413 e. The number of benzene rings is 2. The van der Waals surface area contributed by atoms with E-state index in [1.54, 1.807) is 12.3 Å². The molecule has 9 heteroatoms. The van der Waals surface area contributed by atoms with Crippen LogP contribution in [0.15, 0.2) is 53.9 Å². The lowest BCUT2D eigenvalue weighted by Gasteiger charge is -2.14. The van der Waals surface area contributed by atoms with Crippen LogP contribution in [0.1, 0.15) is 36.1 Å². The molecule has 0 bridgehead atoms. The van der Waals surface area contributed by atoms with Gasteiger partial charge in [0, 0.05) is 24.3 Å². The molecule has 1 aliphatic carbocycles. The Bertz CT molecular complexity index is 1160. The second kappa shape index (κ2) is 10.5. The third-order valence-corrected chi connectivity index (χ3v) is 6.42. The van der Waals surface area contributed by atoms with Crippen molar-refractivity contribution < 1.29 is 24.2 Å². The summed E-state index contributed by atoms with van der Waals surface area (Å²) in [5, 5.41) is 16.2. The average molecular weight is 480 g/mol. The van der Waals surface area contributed by atoms with E-state index in [2.05, 4.69) is 39.9 Å². The number of nitrogens with one attached hydrogen (secondary N) is 2. The Morgan fingerprint density at radius 3 is 2.38 bits per heavy atom. The number of amides is 2. The molecule has 0 fully saturated rings. The molecule has 0 saturated heterocycles. The Kier molecular flexibility index (Phi) is 7.22. The molecule has 3 aromatic rings. The van der Waals surface area contributed by atoms with Crippen LogP contribution in [0.25, 0.3) is 11.1 Å². The van der Waals surface area contributed by atoms with E-state index in [0.29, 0.717) is 10.8 Å². The molecule has 34 heavy (non-hydrogen) atoms. The molecule has 1 heterocycles. The SMILES string of the molecule is CC(CNC(=O)Cc1csc(NC(=O)OCC2c3ccccc3-c3ccccc32)n1)CC(=O)O. The highest BCUT2D eigenvalue weighted by Gasteiger charge is 2.29. The minimum absolute atomic E-state index is 0.00874. The van der Waals surface area contributed by atoms with Gasteiger partial charge in [0.05, 0.1) is 12.1 Å². The first-order valence-corrected chi connectivity index (χ1v) is 11.8. The number of ether oxygens (including phenoxy) is 1. The van der Waals surface area contributed by atoms with E-state index in [1.165, 1.54) is 11.3 Å². The van der Waals surface area contributed by atoms with Crippen LogP contribution in [0.4, 0.5) is 9.93 Å². The van der Waals surface area contributed by atoms with Gasteiger partial charge < -0.3 is 15.2 Å². The van der Waals surface area contributed by atoms with Crippen molar-refractivity contribution in [3.8, 4) is 11.1 Å². The van der Waals surface area contributed by atoms with Crippen molar-refractivity contribution in [2.24, 2.45) is 5.92 Å². The summed E-state index contributed by atoms with van der Waals surface area (Å²) in [4.78, 5) is 39.4. The van der Waals surface area contributed by atoms with E-state index in [1.807, 2.05) is 24.3 Å². The summed E-state index contributed by atoms with van der Waals surface area (Å²) in [7, 11) is 0. The fraction of sp³-hybridized carbons (Fsp3) is 0.280.